The summed E-state index contributed by atoms with van der Waals surface area (Å²) in [7, 11) is 0. The van der Waals surface area contributed by atoms with E-state index in [9.17, 15) is 0 Å². The quantitative estimate of drug-likeness (QED) is 0.295. The van der Waals surface area contributed by atoms with E-state index in [4.69, 9.17) is 0 Å². The van der Waals surface area contributed by atoms with E-state index in [0.29, 0.717) is 15.4 Å². The minimum atomic E-state index is 0. The fourth-order valence-electron chi connectivity index (χ4n) is 0. The molecule has 0 aromatic carbocycles. The van der Waals surface area contributed by atoms with Gasteiger partial charge in [-0.2, -0.15) is 0 Å². The normalized spacial score (nSPS) is 2.00. The smallest absolute Gasteiger partial charge is 1.00 e. The molecule has 0 radical (unpaired) electrons. The van der Waals surface area contributed by atoms with Crippen molar-refractivity contribution in [1.82, 2.24) is 0 Å². The van der Waals surface area contributed by atoms with Gasteiger partial charge in [-0.25, -0.2) is 0 Å². The Balaban J connectivity index is -0.0000000200. The van der Waals surface area contributed by atoms with Crippen molar-refractivity contribution < 1.29 is 9.41 Å². The van der Waals surface area contributed by atoms with E-state index in [1.807, 2.05) is 0 Å². The van der Waals surface area contributed by atoms with Gasteiger partial charge in [0.25, 0.3) is 0 Å². The van der Waals surface area contributed by atoms with E-state index in [1.54, 1.807) is 0 Å². The molecule has 0 aliphatic heterocycles. The van der Waals surface area contributed by atoms with Crippen molar-refractivity contribution in [2.24, 2.45) is 0 Å². The average Bonchev–Trinajstić information content (AvgIpc) is 0.918. The van der Waals surface area contributed by atoms with Gasteiger partial charge in [-0.15, -0.1) is 0 Å². The van der Waals surface area contributed by atoms with E-state index in [0.717, 1.165) is 0 Å². The molecule has 0 N–H and O–H groups in total. The molecule has 0 saturated carbocycles. The van der Waals surface area contributed by atoms with Crippen molar-refractivity contribution in [1.29, 1.82) is 0 Å². The minimum absolute atomic E-state index is 0. The van der Waals surface area contributed by atoms with Gasteiger partial charge in [0.15, 0.2) is 0 Å². The Bertz CT molecular complexity index is 7.61. The van der Waals surface area contributed by atoms with Gasteiger partial charge in [0, 0.05) is 0 Å². The topological polar surface area (TPSA) is 0 Å². The zero-order valence-corrected chi connectivity index (χ0v) is 5.35. The molecule has 0 atom stereocenters. The van der Waals surface area contributed by atoms with Crippen LogP contribution in [0.1, 0.15) is 0 Å². The second-order valence-electron chi connectivity index (χ2n) is 0.500. The largest absolute Gasteiger partial charge is 1.00 e. The van der Waals surface area contributed by atoms with Crippen molar-refractivity contribution in [2.45, 2.75) is 11.5 Å². The van der Waals surface area contributed by atoms with Crippen molar-refractivity contribution in [3.63, 3.8) is 0 Å². The van der Waals surface area contributed by atoms with Crippen LogP contribution in [-0.2, 0) is 0 Å². The van der Waals surface area contributed by atoms with Crippen LogP contribution in [0.15, 0.2) is 0 Å². The Kier molecular flexibility index (Phi) is 94.0. The number of rotatable bonds is 0. The molecule has 0 bridgehead atoms. The maximum absolute atomic E-state index is 2.25. The zero-order chi connectivity index (χ0) is 2.71. The molecule has 0 nitrogen and oxygen atoms in total. The molecule has 0 spiro atoms. The van der Waals surface area contributed by atoms with Crippen LogP contribution in [0.5, 0.6) is 0 Å². The summed E-state index contributed by atoms with van der Waals surface area (Å²) in [6.45, 7) is 0. The van der Waals surface area contributed by atoms with Gasteiger partial charge in [-0.05, 0) is 0 Å². The van der Waals surface area contributed by atoms with Crippen molar-refractivity contribution in [3.8, 4) is 0 Å². The predicted molar refractivity (Wildman–Crippen MR) is 17.5 cm³/mol. The first kappa shape index (κ1) is 18.1. The van der Waals surface area contributed by atoms with Crippen molar-refractivity contribution >= 4 is 15.4 Å². The van der Waals surface area contributed by atoms with Gasteiger partial charge in [0.1, 0.15) is 0 Å². The molecule has 0 rings (SSSR count). The first-order chi connectivity index (χ1) is 1.41. The predicted octanol–water partition coefficient (Wildman–Crippen LogP) is -5.21. The molecule has 3 heteroatoms. The molecule has 0 aliphatic carbocycles. The number of halogens is 2. The SMILES string of the molecule is [CH3][Ge+2][CH3].[F-].[F-]. The summed E-state index contributed by atoms with van der Waals surface area (Å²) in [5.41, 5.74) is 0. The van der Waals surface area contributed by atoms with Gasteiger partial charge >= 0.3 is 26.9 Å². The summed E-state index contributed by atoms with van der Waals surface area (Å²) in [4.78, 5) is 0. The summed E-state index contributed by atoms with van der Waals surface area (Å²) >= 11 is 0.500. The first-order valence-corrected chi connectivity index (χ1v) is 5.20. The Morgan fingerprint density at radius 3 is 1.00 bits per heavy atom. The van der Waals surface area contributed by atoms with E-state index in [1.165, 1.54) is 0 Å². The maximum Gasteiger partial charge on any atom is -1.00 e. The molecular formula is C2H6F2Ge. The zero-order valence-electron chi connectivity index (χ0n) is 3.26. The summed E-state index contributed by atoms with van der Waals surface area (Å²) in [6, 6.07) is 0. The molecule has 32 valence electrons. The summed E-state index contributed by atoms with van der Waals surface area (Å²) in [5, 5.41) is 0. The van der Waals surface area contributed by atoms with Crippen LogP contribution in [0, 0.1) is 0 Å². The summed E-state index contributed by atoms with van der Waals surface area (Å²) in [6.07, 6.45) is 0. The molecule has 0 unspecified atom stereocenters. The Morgan fingerprint density at radius 1 is 1.00 bits per heavy atom. The van der Waals surface area contributed by atoms with Crippen LogP contribution in [0.25, 0.3) is 0 Å². The fourth-order valence-corrected chi connectivity index (χ4v) is 0. The standard InChI is InChI=1S/C2H6Ge.2FH/c1-3-2;;/h1-2H3;2*1H/q+2;;/p-2. The monoisotopic (exact) mass is 142 g/mol. The molecule has 5 heavy (non-hydrogen) atoms. The maximum atomic E-state index is 2.25. The van der Waals surface area contributed by atoms with Gasteiger partial charge in [0.2, 0.25) is 0 Å². The third kappa shape index (κ3) is 157. The van der Waals surface area contributed by atoms with Crippen LogP contribution in [0.4, 0.5) is 0 Å². The van der Waals surface area contributed by atoms with E-state index in [-0.39, 0.29) is 9.41 Å². The molecule has 0 aromatic rings. The molecule has 0 saturated heterocycles. The van der Waals surface area contributed by atoms with Crippen LogP contribution < -0.4 is 9.41 Å². The Morgan fingerprint density at radius 2 is 1.00 bits per heavy atom. The molecular weight excluding hydrogens is 135 g/mol. The number of hydrogen-bond acceptors (Lipinski definition) is 0. The summed E-state index contributed by atoms with van der Waals surface area (Å²) < 4.78 is 0. The van der Waals surface area contributed by atoms with Crippen LogP contribution >= 0.6 is 0 Å². The van der Waals surface area contributed by atoms with Gasteiger partial charge < -0.3 is 9.41 Å². The molecule has 0 fully saturated rings. The minimum Gasteiger partial charge on any atom is -1.00 e. The average molecular weight is 141 g/mol. The summed E-state index contributed by atoms with van der Waals surface area (Å²) in [5.74, 6) is 4.50. The molecule has 0 aliphatic rings. The van der Waals surface area contributed by atoms with Gasteiger partial charge in [0.05, 0.1) is 0 Å². The third-order valence-electron chi connectivity index (χ3n) is 0. The number of hydrogen-bond donors (Lipinski definition) is 0. The molecule has 0 aromatic heterocycles. The first-order valence-electron chi connectivity index (χ1n) is 1.00. The van der Waals surface area contributed by atoms with E-state index in [2.05, 4.69) is 11.5 Å². The van der Waals surface area contributed by atoms with Crippen molar-refractivity contribution in [3.05, 3.63) is 0 Å². The van der Waals surface area contributed by atoms with Crippen molar-refractivity contribution in [2.75, 3.05) is 0 Å². The van der Waals surface area contributed by atoms with Crippen LogP contribution in [0.2, 0.25) is 11.5 Å². The van der Waals surface area contributed by atoms with Crippen LogP contribution in [0.3, 0.4) is 0 Å². The van der Waals surface area contributed by atoms with E-state index >= 15 is 0 Å². The fraction of sp³-hybridized carbons (Fsp3) is 1.00. The Hall–Kier alpha value is 0.403. The van der Waals surface area contributed by atoms with Gasteiger partial charge in [-0.1, -0.05) is 0 Å². The Labute approximate surface area is 37.2 Å². The van der Waals surface area contributed by atoms with Crippen LogP contribution in [-0.4, -0.2) is 15.4 Å². The van der Waals surface area contributed by atoms with E-state index < -0.39 is 0 Å². The third-order valence-corrected chi connectivity index (χ3v) is 0. The molecule has 0 heterocycles. The molecule has 0 amide bonds. The second kappa shape index (κ2) is 25.9. The van der Waals surface area contributed by atoms with Gasteiger partial charge in [-0.3, -0.25) is 0 Å². The second-order valence-corrected chi connectivity index (χ2v) is 2.60.